The summed E-state index contributed by atoms with van der Waals surface area (Å²) in [7, 11) is -15.7. The Hall–Kier alpha value is -10.8. The van der Waals surface area contributed by atoms with Crippen molar-refractivity contribution in [3.8, 4) is 46.0 Å². The molecule has 16 nitrogen and oxygen atoms in total. The van der Waals surface area contributed by atoms with Crippen molar-refractivity contribution in [3.05, 3.63) is 362 Å². The molecule has 0 aliphatic rings. The molecule has 0 aliphatic heterocycles. The van der Waals surface area contributed by atoms with Gasteiger partial charge >= 0.3 is 30.4 Å². The summed E-state index contributed by atoms with van der Waals surface area (Å²) in [5.74, 6) is 3.06. The maximum atomic E-state index is 14.8. The highest BCUT2D eigenvalue weighted by Gasteiger charge is 2.40. The molecule has 0 bridgehead atoms. The Morgan fingerprint density at radius 2 is 0.330 bits per heavy atom. The molecule has 0 unspecified atom stereocenters. The van der Waals surface area contributed by atoms with E-state index in [1.165, 1.54) is 0 Å². The lowest BCUT2D eigenvalue weighted by Gasteiger charge is -2.37. The Bertz CT molecular complexity index is 3850. The first kappa shape index (κ1) is 66.2. The van der Waals surface area contributed by atoms with Crippen LogP contribution in [0.3, 0.4) is 0 Å². The van der Waals surface area contributed by atoms with E-state index < -0.39 is 35.8 Å². The molecule has 0 amide bonds. The second-order valence-electron chi connectivity index (χ2n) is 22.1. The van der Waals surface area contributed by atoms with Gasteiger partial charge in [-0.2, -0.15) is 0 Å². The topological polar surface area (TPSA) is 190 Å². The van der Waals surface area contributed by atoms with Crippen LogP contribution in [0.5, 0.6) is 46.0 Å². The van der Waals surface area contributed by atoms with Crippen LogP contribution in [-0.2, 0) is 23.7 Å². The Kier molecular flexibility index (Phi) is 21.3. The molecular formula is C77H68N4O12P4. The highest BCUT2D eigenvalue weighted by molar-refractivity contribution is 7.55. The van der Waals surface area contributed by atoms with Crippen LogP contribution in [0.1, 0.15) is 22.3 Å². The van der Waals surface area contributed by atoms with Crippen LogP contribution in [0.2, 0.25) is 0 Å². The molecule has 12 rings (SSSR count). The largest absolute Gasteiger partial charge is 0.449 e. The third-order valence-electron chi connectivity index (χ3n) is 15.1. The molecule has 4 N–H and O–H groups in total. The minimum absolute atomic E-state index is 0.197. The first-order valence-corrected chi connectivity index (χ1v) is 38.0. The molecule has 488 valence electrons. The van der Waals surface area contributed by atoms with Gasteiger partial charge in [-0.1, -0.05) is 194 Å². The third kappa shape index (κ3) is 17.9. The number of para-hydroxylation sites is 8. The summed E-state index contributed by atoms with van der Waals surface area (Å²) in [6, 6.07) is 102. The van der Waals surface area contributed by atoms with Gasteiger partial charge in [0, 0.05) is 22.7 Å². The molecule has 97 heavy (non-hydrogen) atoms. The van der Waals surface area contributed by atoms with Crippen molar-refractivity contribution in [2.45, 2.75) is 5.41 Å². The summed E-state index contributed by atoms with van der Waals surface area (Å²) in [5, 5.41) is 13.4. The molecule has 20 heteroatoms. The Morgan fingerprint density at radius 1 is 0.196 bits per heavy atom. The Morgan fingerprint density at radius 3 is 0.464 bits per heavy atom. The van der Waals surface area contributed by atoms with Gasteiger partial charge in [-0.3, -0.25) is 0 Å². The van der Waals surface area contributed by atoms with Gasteiger partial charge in [0.2, 0.25) is 0 Å². The lowest BCUT2D eigenvalue weighted by molar-refractivity contribution is 0.386. The van der Waals surface area contributed by atoms with Crippen molar-refractivity contribution in [1.82, 2.24) is 0 Å². The van der Waals surface area contributed by atoms with Gasteiger partial charge in [0.15, 0.2) is 0 Å². The van der Waals surface area contributed by atoms with Gasteiger partial charge in [-0.05, 0) is 168 Å². The van der Waals surface area contributed by atoms with E-state index in [9.17, 15) is 18.3 Å². The molecule has 0 heterocycles. The summed E-state index contributed by atoms with van der Waals surface area (Å²) < 4.78 is 108. The monoisotopic (exact) mass is 1360 g/mol. The number of hydrogen-bond acceptors (Lipinski definition) is 16. The SMILES string of the molecule is O=P(CNc1ccc(C(c2ccc(NCP(=O)(Oc3ccccc3)Oc3ccccc3)cc2)(c2ccc(NCP(=O)(Oc3ccccc3)Oc3ccccc3)cc2)c2ccc(NCP(=O)(Oc3ccccc3)Oc3ccccc3)cc2)cc1)(Oc1ccccc1)Oc1ccccc1. The second-order valence-corrected chi connectivity index (χ2v) is 29.7. The molecule has 0 aliphatic carbocycles. The van der Waals surface area contributed by atoms with E-state index in [2.05, 4.69) is 21.3 Å². The zero-order valence-electron chi connectivity index (χ0n) is 52.3. The van der Waals surface area contributed by atoms with Crippen LogP contribution in [-0.4, -0.2) is 25.1 Å². The van der Waals surface area contributed by atoms with Crippen LogP contribution in [0.25, 0.3) is 0 Å². The molecule has 0 atom stereocenters. The first-order valence-electron chi connectivity index (χ1n) is 31.1. The molecule has 0 spiro atoms. The fraction of sp³-hybridized carbons (Fsp3) is 0.0649. The van der Waals surface area contributed by atoms with E-state index in [0.717, 1.165) is 22.3 Å². The number of anilines is 4. The van der Waals surface area contributed by atoms with Gasteiger partial charge in [0.1, 0.15) is 71.1 Å². The van der Waals surface area contributed by atoms with Gasteiger partial charge in [0.25, 0.3) is 0 Å². The average Bonchev–Trinajstić information content (AvgIpc) is 0.733. The van der Waals surface area contributed by atoms with Crippen molar-refractivity contribution in [2.75, 3.05) is 46.4 Å². The fourth-order valence-electron chi connectivity index (χ4n) is 10.6. The molecule has 12 aromatic carbocycles. The first-order chi connectivity index (χ1) is 47.4. The number of nitrogens with one attached hydrogen (secondary N) is 4. The molecule has 0 saturated heterocycles. The van der Waals surface area contributed by atoms with Crippen molar-refractivity contribution < 1.29 is 54.5 Å². The standard InChI is InChI=1S/C77H68N4O12P4/c82-94(86-69-25-9-1-10-26-69,87-70-27-11-2-12-28-70)57-78-65-49-41-61(42-50-65)77(62-43-51-66(52-44-62)79-58-95(83,88-71-29-13-3-14-30-71)89-72-31-15-4-16-32-72,63-45-53-67(54-46-63)80-59-96(84,90-73-33-17-5-18-34-73)91-74-35-19-6-20-36-74)64-47-55-68(56-48-64)81-60-97(85,92-75-37-21-7-22-38-75)93-76-39-23-8-24-40-76/h1-56,78-81H,57-60H2. The average molecular weight is 1370 g/mol. The second kappa shape index (κ2) is 31.1. The highest BCUT2D eigenvalue weighted by atomic mass is 31.2. The summed E-state index contributed by atoms with van der Waals surface area (Å²) >= 11 is 0. The molecule has 0 fully saturated rings. The maximum absolute atomic E-state index is 14.8. The molecular weight excluding hydrogens is 1300 g/mol. The summed E-state index contributed by atoms with van der Waals surface area (Å²) in [5.41, 5.74) is 4.50. The van der Waals surface area contributed by atoms with Crippen LogP contribution in [0.15, 0.2) is 340 Å². The maximum Gasteiger partial charge on any atom is 0.449 e. The lowest BCUT2D eigenvalue weighted by Crippen LogP contribution is -2.31. The molecule has 0 aromatic heterocycles. The van der Waals surface area contributed by atoms with Crippen LogP contribution in [0, 0.1) is 0 Å². The van der Waals surface area contributed by atoms with E-state index in [4.69, 9.17) is 36.2 Å². The summed E-state index contributed by atoms with van der Waals surface area (Å²) in [4.78, 5) is 0. The van der Waals surface area contributed by atoms with E-state index in [0.29, 0.717) is 68.7 Å². The zero-order valence-corrected chi connectivity index (χ0v) is 55.9. The molecule has 12 aromatic rings. The van der Waals surface area contributed by atoms with E-state index in [1.54, 1.807) is 194 Å². The van der Waals surface area contributed by atoms with Crippen molar-refractivity contribution in [3.63, 3.8) is 0 Å². The van der Waals surface area contributed by atoms with Crippen molar-refractivity contribution >= 4 is 53.1 Å². The highest BCUT2D eigenvalue weighted by Crippen LogP contribution is 2.53. The van der Waals surface area contributed by atoms with Crippen molar-refractivity contribution in [1.29, 1.82) is 0 Å². The zero-order chi connectivity index (χ0) is 66.6. The van der Waals surface area contributed by atoms with Gasteiger partial charge in [-0.25, -0.2) is 18.3 Å². The predicted molar refractivity (Wildman–Crippen MR) is 386 cm³/mol. The van der Waals surface area contributed by atoms with Gasteiger partial charge < -0.3 is 57.5 Å². The fourth-order valence-corrected chi connectivity index (χ4v) is 16.3. The molecule has 0 saturated carbocycles. The van der Waals surface area contributed by atoms with Gasteiger partial charge in [0.05, 0.1) is 5.41 Å². The quantitative estimate of drug-likeness (QED) is 0.0230. The van der Waals surface area contributed by atoms with Crippen LogP contribution < -0.4 is 57.5 Å². The van der Waals surface area contributed by atoms with E-state index >= 15 is 0 Å². The summed E-state index contributed by atoms with van der Waals surface area (Å²) in [6.45, 7) is 0. The van der Waals surface area contributed by atoms with Crippen LogP contribution >= 0.6 is 30.4 Å². The van der Waals surface area contributed by atoms with Gasteiger partial charge in [-0.15, -0.1) is 0 Å². The predicted octanol–water partition coefficient (Wildman–Crippen LogP) is 21.0. The number of benzene rings is 12. The smallest absolute Gasteiger partial charge is 0.415 e. The Balaban J connectivity index is 0.926. The Labute approximate surface area is 564 Å². The minimum atomic E-state index is -3.92. The normalized spacial score (nSPS) is 11.6. The number of rotatable bonds is 32. The third-order valence-corrected chi connectivity index (χ3v) is 21.2. The van der Waals surface area contributed by atoms with E-state index in [-0.39, 0.29) is 25.1 Å². The lowest BCUT2D eigenvalue weighted by atomic mass is 9.65. The van der Waals surface area contributed by atoms with Crippen molar-refractivity contribution in [2.24, 2.45) is 0 Å². The van der Waals surface area contributed by atoms with E-state index in [1.807, 2.05) is 146 Å². The minimum Gasteiger partial charge on any atom is -0.415 e. The molecule has 0 radical (unpaired) electrons. The number of hydrogen-bond donors (Lipinski definition) is 4. The summed E-state index contributed by atoms with van der Waals surface area (Å²) in [6.07, 6.45) is -0.787. The van der Waals surface area contributed by atoms with Crippen LogP contribution in [0.4, 0.5) is 22.7 Å².